The zero-order valence-corrected chi connectivity index (χ0v) is 98.5. The van der Waals surface area contributed by atoms with E-state index >= 15 is 0 Å². The van der Waals surface area contributed by atoms with Crippen LogP contribution in [0.5, 0.6) is 0 Å². The number of nitrogens with zero attached hydrogens (tertiary/aromatic N) is 8. The molecule has 7 unspecified atom stereocenters. The van der Waals surface area contributed by atoms with Gasteiger partial charge in [0.2, 0.25) is 39.6 Å². The van der Waals surface area contributed by atoms with Crippen molar-refractivity contribution in [1.82, 2.24) is 49.7 Å². The van der Waals surface area contributed by atoms with Crippen molar-refractivity contribution in [2.75, 3.05) is 158 Å². The van der Waals surface area contributed by atoms with Gasteiger partial charge in [-0.05, 0) is 338 Å². The Morgan fingerprint density at radius 1 is 0.406 bits per heavy atom. The third-order valence-electron chi connectivity index (χ3n) is 33.2. The molecule has 8 atom stereocenters. The number of morpholine rings is 1. The minimum Gasteiger partial charge on any atom is -0.444 e. The van der Waals surface area contributed by atoms with Gasteiger partial charge in [0.25, 0.3) is 0 Å². The Morgan fingerprint density at radius 3 is 1.14 bits per heavy atom. The fraction of sp³-hybridized carbons (Fsp3) is 0.888. The number of sulfonamides is 1. The first-order valence-electron chi connectivity index (χ1n) is 56.3. The van der Waals surface area contributed by atoms with Crippen molar-refractivity contribution >= 4 is 55.5 Å². The highest BCUT2D eigenvalue weighted by Crippen LogP contribution is 2.42. The summed E-state index contributed by atoms with van der Waals surface area (Å²) in [6.45, 7) is 81.7. The Bertz CT molecular complexity index is 4100. The van der Waals surface area contributed by atoms with Crippen LogP contribution >= 0.6 is 0 Å². The Kier molecular flexibility index (Phi) is 53.6. The molecule has 12 aliphatic rings. The molecule has 143 heavy (non-hydrogen) atoms. The summed E-state index contributed by atoms with van der Waals surface area (Å²) in [6.07, 6.45) is 29.7. The van der Waals surface area contributed by atoms with E-state index in [4.69, 9.17) is 24.2 Å². The van der Waals surface area contributed by atoms with Crippen LogP contribution in [0.1, 0.15) is 361 Å². The maximum absolute atomic E-state index is 12.6. The first-order chi connectivity index (χ1) is 66.3. The number of benzene rings is 1. The molecule has 13 rings (SSSR count). The van der Waals surface area contributed by atoms with Crippen LogP contribution in [0.3, 0.4) is 0 Å². The molecular weight excluding hydrogens is 1840 g/mol. The van der Waals surface area contributed by atoms with Gasteiger partial charge >= 0.3 is 6.09 Å². The lowest BCUT2D eigenvalue weighted by atomic mass is 9.71. The van der Waals surface area contributed by atoms with Crippen molar-refractivity contribution in [2.45, 2.75) is 395 Å². The number of nitrogens with one attached hydrogen (secondary N) is 3. The minimum absolute atomic E-state index is 0.0165. The summed E-state index contributed by atoms with van der Waals surface area (Å²) in [5.74, 6) is 11.3. The summed E-state index contributed by atoms with van der Waals surface area (Å²) < 4.78 is 70.9. The second kappa shape index (κ2) is 59.7. The van der Waals surface area contributed by atoms with Crippen LogP contribution in [0.4, 0.5) is 4.79 Å². The zero-order valence-electron chi connectivity index (χ0n) is 96.8. The molecule has 6 amide bonds. The highest BCUT2D eigenvalue weighted by Gasteiger charge is 2.41. The number of ether oxygens (including phenoxy) is 4. The predicted octanol–water partition coefficient (Wildman–Crippen LogP) is 21.7. The van der Waals surface area contributed by atoms with Crippen molar-refractivity contribution < 1.29 is 64.6 Å². The summed E-state index contributed by atoms with van der Waals surface area (Å²) in [5, 5.41) is 18.2. The number of nitriles is 1. The van der Waals surface area contributed by atoms with Crippen molar-refractivity contribution in [3.05, 3.63) is 24.3 Å². The van der Waals surface area contributed by atoms with E-state index in [2.05, 4.69) is 215 Å². The smallest absolute Gasteiger partial charge is 0.407 e. The topological polar surface area (TPSA) is 290 Å². The van der Waals surface area contributed by atoms with Gasteiger partial charge in [-0.15, -0.1) is 0 Å². The van der Waals surface area contributed by atoms with E-state index in [1.165, 1.54) is 112 Å². The molecule has 10 aliphatic heterocycles. The van der Waals surface area contributed by atoms with E-state index in [0.717, 1.165) is 255 Å². The van der Waals surface area contributed by atoms with Gasteiger partial charge in [0.05, 0.1) is 40.9 Å². The van der Waals surface area contributed by atoms with Crippen LogP contribution in [-0.4, -0.2) is 268 Å². The van der Waals surface area contributed by atoms with Gasteiger partial charge in [0, 0.05) is 137 Å². The summed E-state index contributed by atoms with van der Waals surface area (Å²) in [5.41, 5.74) is 0.726. The van der Waals surface area contributed by atoms with Crippen LogP contribution in [0.25, 0.3) is 0 Å². The highest BCUT2D eigenvalue weighted by atomic mass is 32.2. The molecule has 1 aromatic carbocycles. The number of likely N-dealkylation sites (tertiary alicyclic amines) is 6. The minimum atomic E-state index is -3.53. The van der Waals surface area contributed by atoms with Crippen molar-refractivity contribution in [1.29, 1.82) is 5.26 Å². The molecular formula is C116H213N11O14S2. The second-order valence-electron chi connectivity index (χ2n) is 52.8. The largest absolute Gasteiger partial charge is 0.444 e. The van der Waals surface area contributed by atoms with Gasteiger partial charge in [0.1, 0.15) is 17.1 Å². The number of carbonyl (C=O) groups excluding carboxylic acids is 6. The Hall–Kier alpha value is -5.05. The molecule has 2 aliphatic carbocycles. The number of alkyl carbamates (subject to hydrolysis) is 1. The maximum Gasteiger partial charge on any atom is 0.407 e. The second-order valence-corrected chi connectivity index (χ2v) is 56.7. The number of hydrogen-bond acceptors (Lipinski definition) is 18. The number of piperidine rings is 6. The normalized spacial score (nSPS) is 24.9. The van der Waals surface area contributed by atoms with Gasteiger partial charge in [-0.25, -0.2) is 21.6 Å². The van der Waals surface area contributed by atoms with Crippen LogP contribution in [-0.2, 0) is 62.8 Å². The van der Waals surface area contributed by atoms with Crippen molar-refractivity contribution in [3.8, 4) is 6.07 Å². The lowest BCUT2D eigenvalue weighted by Gasteiger charge is -2.40. The lowest BCUT2D eigenvalue weighted by Crippen LogP contribution is -2.54. The third-order valence-corrected chi connectivity index (χ3v) is 36.3. The molecule has 0 spiro atoms. The van der Waals surface area contributed by atoms with E-state index in [-0.39, 0.29) is 57.5 Å². The quantitative estimate of drug-likeness (QED) is 0.165. The zero-order chi connectivity index (χ0) is 108. The maximum atomic E-state index is 12.6. The van der Waals surface area contributed by atoms with Gasteiger partial charge in [-0.1, -0.05) is 172 Å². The molecule has 0 aromatic heterocycles. The van der Waals surface area contributed by atoms with Crippen LogP contribution in [0.2, 0.25) is 0 Å². The molecule has 10 saturated heterocycles. The summed E-state index contributed by atoms with van der Waals surface area (Å²) >= 11 is 0. The van der Waals surface area contributed by atoms with Crippen LogP contribution in [0.15, 0.2) is 34.1 Å². The molecule has 10 heterocycles. The van der Waals surface area contributed by atoms with Crippen molar-refractivity contribution in [2.24, 2.45) is 121 Å². The number of rotatable bonds is 13. The SMILES string of the molecule is CC(=O)NC1CCCC(C(C)(C)C)C1.CC(C)(C)C1CCCOC1.CC(C)(C)C1CCN(C(=O)[C@@H]2COCCN2)CC1.CC(C)(C)C1CCOCC1.CC(C)(C)OC(=O)NC1CCCC(C(C)(C)C)C1.CC(C)C1CCN(C(=O)C(C)(C)C#N)CC1.CC(C)C1CCN(C(=O)C2CCCN(C)C2)CC1.CC(C)C1CCN(C(=O)C2CCN(C)C2)CC1.CC(C)C1CCN(S(=O)(=O)c2ccc(S(C)(=O)=O)cc2)CC1. The third kappa shape index (κ3) is 46.4. The molecule has 12 fully saturated rings. The predicted molar refractivity (Wildman–Crippen MR) is 584 cm³/mol. The molecule has 0 bridgehead atoms. The molecule has 2 saturated carbocycles. The first-order valence-corrected chi connectivity index (χ1v) is 59.6. The van der Waals surface area contributed by atoms with Gasteiger partial charge in [0.15, 0.2) is 9.84 Å². The molecule has 3 N–H and O–H groups in total. The van der Waals surface area contributed by atoms with Crippen molar-refractivity contribution in [3.63, 3.8) is 0 Å². The fourth-order valence-corrected chi connectivity index (χ4v) is 24.6. The van der Waals surface area contributed by atoms with E-state index in [1.807, 2.05) is 30.6 Å². The van der Waals surface area contributed by atoms with E-state index in [0.29, 0.717) is 88.3 Å². The number of carbonyl (C=O) groups is 6. The van der Waals surface area contributed by atoms with Gasteiger partial charge < -0.3 is 64.3 Å². The monoisotopic (exact) mass is 2050 g/mol. The Labute approximate surface area is 874 Å². The first kappa shape index (κ1) is 128. The number of amides is 6. The van der Waals surface area contributed by atoms with Gasteiger partial charge in [-0.2, -0.15) is 9.57 Å². The lowest BCUT2D eigenvalue weighted by molar-refractivity contribution is -0.139. The average molecular weight is 2050 g/mol. The summed E-state index contributed by atoms with van der Waals surface area (Å²) in [6, 6.07) is 8.11. The standard InChI is InChI=1S/C15H28N2O.C15H23NO4S2.C15H29NO2.C14H26N2O2.C14H26N2O.C13H22N2O.C12H23NO.2C9H18O/c1-12(2)13-6-9-17(10-7-13)15(18)14-5-4-8-16(3)11-14;1-12(2)13-8-10-16(11-9-13)22(19,20)15-6-4-14(5-7-15)21(3,17)18;1-14(2,3)11-8-7-9-12(10-11)16-13(17)18-15(4,5)6;1-14(2,3)11-4-7-16(8-5-11)13(17)12-10-18-9-6-15-12;1-11(2)12-5-8-16(9-6-12)14(17)13-4-7-15(3)10-13;1-10(2)11-5-7-15(8-6-11)12(16)13(3,4)9-14;1-9(14)13-11-7-5-6-10(8-11)12(2,3)4;1-9(2,3)8-4-6-10-7-5-8;1-9(2,3)8-5-4-6-10-7-8/h12-14H,4-11H2,1-3H3;4-7,12-13H,8-11H2,1-3H3;11-12H,7-10H2,1-6H3,(H,16,17);11-12,15H,4-10H2,1-3H3;11-13H,4-10H2,1-3H3;10-11H,5-8H2,1-4H3;10-11H,5-8H2,1-4H3,(H,13,14);2*8H,4-7H2,1-3H3/t;;;12-;;;;;/m...0...../s1. The molecule has 1 aromatic rings. The van der Waals surface area contributed by atoms with Crippen LogP contribution < -0.4 is 16.0 Å². The highest BCUT2D eigenvalue weighted by molar-refractivity contribution is 7.90. The molecule has 0 radical (unpaired) electrons. The van der Waals surface area contributed by atoms with Gasteiger partial charge in [-0.3, -0.25) is 24.0 Å². The average Bonchev–Trinajstić information content (AvgIpc) is 1.41. The van der Waals surface area contributed by atoms with E-state index < -0.39 is 30.9 Å². The van der Waals surface area contributed by atoms with E-state index in [1.54, 1.807) is 20.8 Å². The number of sulfone groups is 1. The summed E-state index contributed by atoms with van der Waals surface area (Å²) in [4.78, 5) is 84.8. The van der Waals surface area contributed by atoms with E-state index in [9.17, 15) is 45.6 Å². The molecule has 27 heteroatoms. The van der Waals surface area contributed by atoms with Crippen LogP contribution in [0, 0.1) is 133 Å². The Morgan fingerprint density at radius 2 is 0.783 bits per heavy atom. The molecule has 25 nitrogen and oxygen atoms in total. The Balaban J connectivity index is 0.000000286. The molecule has 828 valence electrons. The summed E-state index contributed by atoms with van der Waals surface area (Å²) in [7, 11) is -2.61. The fourth-order valence-electron chi connectivity index (χ4n) is 22.5. The number of hydrogen-bond donors (Lipinski definition) is 3.